The van der Waals surface area contributed by atoms with Crippen molar-refractivity contribution in [1.82, 2.24) is 4.90 Å². The molecule has 104 valence electrons. The van der Waals surface area contributed by atoms with Crippen LogP contribution in [-0.4, -0.2) is 35.0 Å². The van der Waals surface area contributed by atoms with Gasteiger partial charge >= 0.3 is 5.97 Å². The van der Waals surface area contributed by atoms with Crippen molar-refractivity contribution in [2.75, 3.05) is 7.05 Å². The van der Waals surface area contributed by atoms with Gasteiger partial charge < -0.3 is 14.4 Å². The standard InChI is InChI=1S/C14H19NO4/c1-15(11-6-4-2-3-5-7-11)13(16)12-8-10(9-19-12)14(17)18/h8-9,11H,2-7H2,1H3,(H,17,18). The van der Waals surface area contributed by atoms with Gasteiger partial charge in [-0.15, -0.1) is 0 Å². The van der Waals surface area contributed by atoms with Gasteiger partial charge in [-0.25, -0.2) is 4.79 Å². The van der Waals surface area contributed by atoms with E-state index in [0.29, 0.717) is 0 Å². The number of rotatable bonds is 3. The summed E-state index contributed by atoms with van der Waals surface area (Å²) in [7, 11) is 1.77. The number of carboxylic acid groups (broad SMARTS) is 1. The van der Waals surface area contributed by atoms with Crippen molar-refractivity contribution in [3.05, 3.63) is 23.7 Å². The van der Waals surface area contributed by atoms with Crippen molar-refractivity contribution in [3.8, 4) is 0 Å². The van der Waals surface area contributed by atoms with Crippen molar-refractivity contribution < 1.29 is 19.1 Å². The smallest absolute Gasteiger partial charge is 0.338 e. The summed E-state index contributed by atoms with van der Waals surface area (Å²) in [6, 6.07) is 1.52. The highest BCUT2D eigenvalue weighted by Gasteiger charge is 2.24. The molecule has 1 fully saturated rings. The molecule has 2 rings (SSSR count). The van der Waals surface area contributed by atoms with E-state index in [-0.39, 0.29) is 23.3 Å². The minimum atomic E-state index is -1.08. The second kappa shape index (κ2) is 5.91. The van der Waals surface area contributed by atoms with Gasteiger partial charge in [-0.2, -0.15) is 0 Å². The maximum atomic E-state index is 12.2. The van der Waals surface area contributed by atoms with Gasteiger partial charge in [0.1, 0.15) is 6.26 Å². The molecule has 0 atom stereocenters. The Labute approximate surface area is 112 Å². The van der Waals surface area contributed by atoms with E-state index in [9.17, 15) is 9.59 Å². The first-order valence-electron chi connectivity index (χ1n) is 6.68. The number of carboxylic acids is 1. The quantitative estimate of drug-likeness (QED) is 0.853. The molecule has 1 aromatic rings. The molecule has 1 amide bonds. The molecule has 1 aliphatic rings. The zero-order chi connectivity index (χ0) is 13.8. The van der Waals surface area contributed by atoms with E-state index in [1.807, 2.05) is 0 Å². The normalized spacial score (nSPS) is 16.9. The molecule has 19 heavy (non-hydrogen) atoms. The van der Waals surface area contributed by atoms with Crippen LogP contribution in [0.3, 0.4) is 0 Å². The first-order chi connectivity index (χ1) is 9.09. The molecular weight excluding hydrogens is 246 g/mol. The molecule has 1 N–H and O–H groups in total. The van der Waals surface area contributed by atoms with Crippen molar-refractivity contribution in [2.24, 2.45) is 0 Å². The zero-order valence-electron chi connectivity index (χ0n) is 11.1. The van der Waals surface area contributed by atoms with E-state index in [4.69, 9.17) is 9.52 Å². The molecule has 5 heteroatoms. The van der Waals surface area contributed by atoms with E-state index in [1.54, 1.807) is 11.9 Å². The molecule has 5 nitrogen and oxygen atoms in total. The van der Waals surface area contributed by atoms with Crippen LogP contribution in [-0.2, 0) is 0 Å². The van der Waals surface area contributed by atoms with Gasteiger partial charge in [0.25, 0.3) is 5.91 Å². The molecule has 1 aliphatic carbocycles. The van der Waals surface area contributed by atoms with Gasteiger partial charge in [-0.1, -0.05) is 25.7 Å². The average molecular weight is 265 g/mol. The Morgan fingerprint density at radius 3 is 2.42 bits per heavy atom. The fraction of sp³-hybridized carbons (Fsp3) is 0.571. The van der Waals surface area contributed by atoms with Gasteiger partial charge in [0.05, 0.1) is 5.56 Å². The average Bonchev–Trinajstić information content (AvgIpc) is 2.73. The predicted octanol–water partition coefficient (Wildman–Crippen LogP) is 2.77. The van der Waals surface area contributed by atoms with Crippen LogP contribution in [0.5, 0.6) is 0 Å². The van der Waals surface area contributed by atoms with E-state index in [2.05, 4.69) is 0 Å². The monoisotopic (exact) mass is 265 g/mol. The van der Waals surface area contributed by atoms with Crippen molar-refractivity contribution in [3.63, 3.8) is 0 Å². The fourth-order valence-corrected chi connectivity index (χ4v) is 2.55. The molecule has 0 unspecified atom stereocenters. The van der Waals surface area contributed by atoms with Crippen LogP contribution in [0.2, 0.25) is 0 Å². The molecule has 0 spiro atoms. The molecule has 0 saturated heterocycles. The summed E-state index contributed by atoms with van der Waals surface area (Å²) in [6.07, 6.45) is 7.85. The summed E-state index contributed by atoms with van der Waals surface area (Å²) >= 11 is 0. The highest BCUT2D eigenvalue weighted by Crippen LogP contribution is 2.22. The highest BCUT2D eigenvalue weighted by atomic mass is 16.4. The van der Waals surface area contributed by atoms with Crippen LogP contribution < -0.4 is 0 Å². The number of hydrogen-bond donors (Lipinski definition) is 1. The molecule has 1 heterocycles. The third-order valence-corrected chi connectivity index (χ3v) is 3.75. The van der Waals surface area contributed by atoms with E-state index in [0.717, 1.165) is 31.9 Å². The maximum Gasteiger partial charge on any atom is 0.338 e. The molecule has 1 saturated carbocycles. The Morgan fingerprint density at radius 2 is 1.89 bits per heavy atom. The van der Waals surface area contributed by atoms with Crippen molar-refractivity contribution >= 4 is 11.9 Å². The third-order valence-electron chi connectivity index (χ3n) is 3.75. The topological polar surface area (TPSA) is 70.8 Å². The molecule has 0 radical (unpaired) electrons. The second-order valence-electron chi connectivity index (χ2n) is 5.07. The number of amides is 1. The first-order valence-corrected chi connectivity index (χ1v) is 6.68. The van der Waals surface area contributed by atoms with Crippen LogP contribution in [0.25, 0.3) is 0 Å². The minimum absolute atomic E-state index is 0.0117. The fourth-order valence-electron chi connectivity index (χ4n) is 2.55. The summed E-state index contributed by atoms with van der Waals surface area (Å²) in [6.45, 7) is 0. The summed E-state index contributed by atoms with van der Waals surface area (Å²) in [5.74, 6) is -1.22. The summed E-state index contributed by atoms with van der Waals surface area (Å²) in [5, 5.41) is 8.82. The van der Waals surface area contributed by atoms with Gasteiger partial charge in [0.15, 0.2) is 5.76 Å². The lowest BCUT2D eigenvalue weighted by Gasteiger charge is -2.26. The SMILES string of the molecule is CN(C(=O)c1cc(C(=O)O)co1)C1CCCCCC1. The largest absolute Gasteiger partial charge is 0.478 e. The van der Waals surface area contributed by atoms with Crippen LogP contribution >= 0.6 is 0 Å². The minimum Gasteiger partial charge on any atom is -0.478 e. The number of hydrogen-bond acceptors (Lipinski definition) is 3. The van der Waals surface area contributed by atoms with Gasteiger partial charge in [-0.05, 0) is 12.8 Å². The van der Waals surface area contributed by atoms with E-state index >= 15 is 0 Å². The summed E-state index contributed by atoms with van der Waals surface area (Å²) in [5.41, 5.74) is 0.0117. The number of aromatic carboxylic acids is 1. The number of carbonyl (C=O) groups is 2. The maximum absolute atomic E-state index is 12.2. The first kappa shape index (κ1) is 13.6. The predicted molar refractivity (Wildman–Crippen MR) is 69.3 cm³/mol. The van der Waals surface area contributed by atoms with E-state index in [1.165, 1.54) is 18.9 Å². The Kier molecular flexibility index (Phi) is 4.24. The second-order valence-corrected chi connectivity index (χ2v) is 5.07. The number of carbonyl (C=O) groups excluding carboxylic acids is 1. The lowest BCUT2D eigenvalue weighted by molar-refractivity contribution is 0.0680. The Morgan fingerprint density at radius 1 is 1.26 bits per heavy atom. The Hall–Kier alpha value is -1.78. The number of furan rings is 1. The van der Waals surface area contributed by atoms with Gasteiger partial charge in [-0.3, -0.25) is 4.79 Å². The van der Waals surface area contributed by atoms with Crippen LogP contribution in [0, 0.1) is 0 Å². The lowest BCUT2D eigenvalue weighted by Crippen LogP contribution is -2.36. The molecule has 0 bridgehead atoms. The Balaban J connectivity index is 2.06. The van der Waals surface area contributed by atoms with Gasteiger partial charge in [0, 0.05) is 19.2 Å². The van der Waals surface area contributed by atoms with Crippen molar-refractivity contribution in [1.29, 1.82) is 0 Å². The van der Waals surface area contributed by atoms with Crippen molar-refractivity contribution in [2.45, 2.75) is 44.6 Å². The lowest BCUT2D eigenvalue weighted by atomic mass is 10.1. The number of nitrogens with zero attached hydrogens (tertiary/aromatic N) is 1. The third kappa shape index (κ3) is 3.16. The summed E-state index contributed by atoms with van der Waals surface area (Å²) in [4.78, 5) is 24.7. The molecule has 1 aromatic heterocycles. The highest BCUT2D eigenvalue weighted by molar-refractivity contribution is 5.95. The van der Waals surface area contributed by atoms with E-state index < -0.39 is 5.97 Å². The Bertz CT molecular complexity index is 458. The molecule has 0 aliphatic heterocycles. The molecular formula is C14H19NO4. The zero-order valence-corrected chi connectivity index (χ0v) is 11.1. The molecule has 0 aromatic carbocycles. The van der Waals surface area contributed by atoms with Crippen LogP contribution in [0.1, 0.15) is 59.4 Å². The van der Waals surface area contributed by atoms with Gasteiger partial charge in [0.2, 0.25) is 0 Å². The van der Waals surface area contributed by atoms with Crippen LogP contribution in [0.15, 0.2) is 16.7 Å². The van der Waals surface area contributed by atoms with Crippen LogP contribution in [0.4, 0.5) is 0 Å². The summed E-state index contributed by atoms with van der Waals surface area (Å²) < 4.78 is 5.06.